The number of nitrogens with zero attached hydrogens (tertiary/aromatic N) is 1. The van der Waals surface area contributed by atoms with Crippen molar-refractivity contribution in [3.8, 4) is 0 Å². The van der Waals surface area contributed by atoms with Crippen LogP contribution in [0.5, 0.6) is 0 Å². The van der Waals surface area contributed by atoms with Crippen molar-refractivity contribution < 1.29 is 28.8 Å². The second-order valence-electron chi connectivity index (χ2n) is 6.88. The van der Waals surface area contributed by atoms with E-state index in [2.05, 4.69) is 5.32 Å². The Morgan fingerprint density at radius 1 is 1.12 bits per heavy atom. The molecule has 0 radical (unpaired) electrons. The van der Waals surface area contributed by atoms with Crippen LogP contribution in [0, 0.1) is 10.1 Å². The number of carbonyl (C=O) groups excluding carboxylic acids is 3. The number of hydrogen-bond donors (Lipinski definition) is 1. The van der Waals surface area contributed by atoms with E-state index in [1.807, 2.05) is 0 Å². The van der Waals surface area contributed by atoms with E-state index < -0.39 is 22.8 Å². The van der Waals surface area contributed by atoms with Crippen molar-refractivity contribution in [1.29, 1.82) is 0 Å². The number of ether oxygens (including phenoxy) is 2. The first-order chi connectivity index (χ1) is 15.7. The summed E-state index contributed by atoms with van der Waals surface area (Å²) in [6.07, 6.45) is 0. The Bertz CT molecular complexity index is 1000. The molecule has 9 nitrogen and oxygen atoms in total. The van der Waals surface area contributed by atoms with Gasteiger partial charge in [-0.15, -0.1) is 11.8 Å². The highest BCUT2D eigenvalue weighted by atomic mass is 32.2. The fraction of sp³-hybridized carbons (Fsp3) is 0.409. The third-order valence-electron chi connectivity index (χ3n) is 4.64. The number of nitro benzene ring substituents is 1. The van der Waals surface area contributed by atoms with Crippen LogP contribution in [0.1, 0.15) is 39.2 Å². The molecular weight excluding hydrogens is 468 g/mol. The highest BCUT2D eigenvalue weighted by Gasteiger charge is 2.39. The maximum Gasteiger partial charge on any atom is 0.336 e. The molecule has 178 valence electrons. The lowest BCUT2D eigenvalue weighted by atomic mass is 9.80. The quantitative estimate of drug-likeness (QED) is 0.168. The number of non-ortho nitro benzene ring substituents is 1. The van der Waals surface area contributed by atoms with Crippen LogP contribution in [0.3, 0.4) is 0 Å². The molecule has 1 aliphatic heterocycles. The number of rotatable bonds is 10. The second kappa shape index (κ2) is 12.4. The summed E-state index contributed by atoms with van der Waals surface area (Å²) in [6.45, 7) is 6.74. The average molecular weight is 495 g/mol. The molecule has 0 amide bonds. The molecule has 2 rings (SSSR count). The Labute approximate surface area is 200 Å². The zero-order valence-corrected chi connectivity index (χ0v) is 20.5. The number of nitro groups is 1. The first-order valence-electron chi connectivity index (χ1n) is 10.2. The van der Waals surface area contributed by atoms with Gasteiger partial charge in [-0.25, -0.2) is 9.59 Å². The maximum absolute atomic E-state index is 13.1. The molecule has 1 atom stereocenters. The molecule has 1 unspecified atom stereocenters. The lowest BCUT2D eigenvalue weighted by Crippen LogP contribution is -2.34. The van der Waals surface area contributed by atoms with Crippen LogP contribution < -0.4 is 5.32 Å². The molecule has 11 heteroatoms. The third-order valence-corrected chi connectivity index (χ3v) is 6.68. The third kappa shape index (κ3) is 6.84. The van der Waals surface area contributed by atoms with Crippen molar-refractivity contribution in [3.05, 3.63) is 62.5 Å². The number of esters is 2. The predicted octanol–water partition coefficient (Wildman–Crippen LogP) is 3.91. The van der Waals surface area contributed by atoms with E-state index in [1.54, 1.807) is 26.8 Å². The van der Waals surface area contributed by atoms with Gasteiger partial charge in [0.2, 0.25) is 0 Å². The number of benzene rings is 1. The molecule has 0 aromatic heterocycles. The molecule has 0 saturated carbocycles. The molecule has 1 aromatic carbocycles. The van der Waals surface area contributed by atoms with Crippen LogP contribution >= 0.6 is 23.5 Å². The number of allylic oxidation sites excluding steroid dienone is 1. The summed E-state index contributed by atoms with van der Waals surface area (Å²) in [6, 6.07) is 5.83. The van der Waals surface area contributed by atoms with Gasteiger partial charge in [0.05, 0.1) is 35.2 Å². The largest absolute Gasteiger partial charge is 0.463 e. The first kappa shape index (κ1) is 26.5. The number of hydrogen-bond acceptors (Lipinski definition) is 10. The average Bonchev–Trinajstić information content (AvgIpc) is 2.76. The Kier molecular flexibility index (Phi) is 9.98. The Hall–Kier alpha value is -2.79. The number of nitrogens with one attached hydrogen (secondary N) is 1. The fourth-order valence-corrected chi connectivity index (χ4v) is 5.12. The minimum atomic E-state index is -0.916. The van der Waals surface area contributed by atoms with Crippen molar-refractivity contribution in [1.82, 2.24) is 5.32 Å². The molecule has 33 heavy (non-hydrogen) atoms. The summed E-state index contributed by atoms with van der Waals surface area (Å²) in [5.74, 6) is -1.83. The van der Waals surface area contributed by atoms with E-state index in [1.165, 1.54) is 36.9 Å². The van der Waals surface area contributed by atoms with Crippen LogP contribution in [-0.4, -0.2) is 46.0 Å². The molecule has 1 aliphatic rings. The van der Waals surface area contributed by atoms with E-state index in [0.29, 0.717) is 27.8 Å². The molecule has 1 heterocycles. The van der Waals surface area contributed by atoms with Crippen molar-refractivity contribution in [3.63, 3.8) is 0 Å². The molecule has 0 bridgehead atoms. The predicted molar refractivity (Wildman–Crippen MR) is 128 cm³/mol. The first-order valence-corrected chi connectivity index (χ1v) is 12.4. The number of thioether (sulfide) groups is 2. The van der Waals surface area contributed by atoms with Gasteiger partial charge in [-0.1, -0.05) is 23.9 Å². The SMILES string of the molecule is CCOC(=O)C1=C(C)NC(CSCSC(C)=O)=C(C(=O)OCC)C1c1cccc([N+](=O)[O-])c1. The standard InChI is InChI=1S/C22H26N2O7S2/c1-5-30-21(26)18-13(3)23-17(11-32-12-33-14(4)25)20(22(27)31-6-2)19(18)15-8-7-9-16(10-15)24(28)29/h7-10,19,23H,5-6,11-12H2,1-4H3. The molecule has 0 spiro atoms. The summed E-state index contributed by atoms with van der Waals surface area (Å²) in [7, 11) is 0. The van der Waals surface area contributed by atoms with Gasteiger partial charge in [0, 0.05) is 41.3 Å². The highest BCUT2D eigenvalue weighted by Crippen LogP contribution is 2.41. The zero-order valence-electron chi connectivity index (χ0n) is 18.8. The Morgan fingerprint density at radius 3 is 2.33 bits per heavy atom. The van der Waals surface area contributed by atoms with Gasteiger partial charge in [0.15, 0.2) is 5.12 Å². The van der Waals surface area contributed by atoms with Crippen LogP contribution in [0.2, 0.25) is 0 Å². The summed E-state index contributed by atoms with van der Waals surface area (Å²) in [4.78, 5) is 48.1. The van der Waals surface area contributed by atoms with Gasteiger partial charge in [0.1, 0.15) is 0 Å². The lowest BCUT2D eigenvalue weighted by Gasteiger charge is -2.31. The number of dihydropyridines is 1. The molecule has 1 N–H and O–H groups in total. The monoisotopic (exact) mass is 494 g/mol. The van der Waals surface area contributed by atoms with Crippen molar-refractivity contribution in [2.24, 2.45) is 0 Å². The number of carbonyl (C=O) groups is 3. The van der Waals surface area contributed by atoms with E-state index in [9.17, 15) is 24.5 Å². The molecular formula is C22H26N2O7S2. The summed E-state index contributed by atoms with van der Waals surface area (Å²) >= 11 is 2.57. The van der Waals surface area contributed by atoms with Gasteiger partial charge in [-0.2, -0.15) is 0 Å². The smallest absolute Gasteiger partial charge is 0.336 e. The van der Waals surface area contributed by atoms with Gasteiger partial charge in [-0.05, 0) is 26.3 Å². The van der Waals surface area contributed by atoms with Gasteiger partial charge < -0.3 is 14.8 Å². The van der Waals surface area contributed by atoms with E-state index in [4.69, 9.17) is 9.47 Å². The minimum absolute atomic E-state index is 0.0196. The van der Waals surface area contributed by atoms with E-state index in [0.717, 1.165) is 11.8 Å². The minimum Gasteiger partial charge on any atom is -0.463 e. The van der Waals surface area contributed by atoms with E-state index in [-0.39, 0.29) is 35.2 Å². The van der Waals surface area contributed by atoms with Crippen LogP contribution in [0.15, 0.2) is 46.8 Å². The normalized spacial score (nSPS) is 15.7. The zero-order chi connectivity index (χ0) is 24.5. The van der Waals surface area contributed by atoms with Gasteiger partial charge in [-0.3, -0.25) is 14.9 Å². The van der Waals surface area contributed by atoms with E-state index >= 15 is 0 Å². The Balaban J connectivity index is 2.64. The fourth-order valence-electron chi connectivity index (χ4n) is 3.36. The highest BCUT2D eigenvalue weighted by molar-refractivity contribution is 8.23. The van der Waals surface area contributed by atoms with Crippen LogP contribution in [0.4, 0.5) is 5.69 Å². The maximum atomic E-state index is 13.1. The molecule has 0 saturated heterocycles. The molecule has 0 aliphatic carbocycles. The second-order valence-corrected chi connectivity index (χ2v) is 9.39. The van der Waals surface area contributed by atoms with Gasteiger partial charge >= 0.3 is 11.9 Å². The topological polar surface area (TPSA) is 125 Å². The molecule has 0 fully saturated rings. The Morgan fingerprint density at radius 2 is 1.76 bits per heavy atom. The summed E-state index contributed by atoms with van der Waals surface area (Å²) < 4.78 is 10.5. The van der Waals surface area contributed by atoms with Crippen molar-refractivity contribution in [2.75, 3.05) is 24.1 Å². The van der Waals surface area contributed by atoms with Crippen LogP contribution in [0.25, 0.3) is 0 Å². The lowest BCUT2D eigenvalue weighted by molar-refractivity contribution is -0.384. The van der Waals surface area contributed by atoms with Crippen LogP contribution in [-0.2, 0) is 23.9 Å². The summed E-state index contributed by atoms with van der Waals surface area (Å²) in [5.41, 5.74) is 1.61. The van der Waals surface area contributed by atoms with Crippen molar-refractivity contribution in [2.45, 2.75) is 33.6 Å². The van der Waals surface area contributed by atoms with Gasteiger partial charge in [0.25, 0.3) is 5.69 Å². The molecule has 1 aromatic rings. The summed E-state index contributed by atoms with van der Waals surface area (Å²) in [5, 5.41) is 15.0. The van der Waals surface area contributed by atoms with Crippen molar-refractivity contribution >= 4 is 46.3 Å².